The molecule has 2 heterocycles. The van der Waals surface area contributed by atoms with Gasteiger partial charge in [0.05, 0.1) is 16.1 Å². The van der Waals surface area contributed by atoms with Gasteiger partial charge < -0.3 is 10.4 Å². The summed E-state index contributed by atoms with van der Waals surface area (Å²) in [6.45, 7) is 2.12. The molecule has 1 aliphatic heterocycles. The van der Waals surface area contributed by atoms with E-state index in [1.807, 2.05) is 13.0 Å². The minimum atomic E-state index is 0.0938. The van der Waals surface area contributed by atoms with Crippen molar-refractivity contribution in [2.45, 2.75) is 23.6 Å². The Morgan fingerprint density at radius 2 is 2.44 bits per heavy atom. The highest BCUT2D eigenvalue weighted by atomic mass is 35.5. The number of aliphatic imine (C=N–C) groups is 1. The van der Waals surface area contributed by atoms with Crippen LogP contribution in [-0.4, -0.2) is 23.7 Å². The molecule has 1 aromatic rings. The number of aliphatic hydroxyl groups is 1. The highest BCUT2D eigenvalue weighted by Gasteiger charge is 2.17. The maximum absolute atomic E-state index is 8.80. The number of guanidine groups is 1. The molecule has 1 aliphatic rings. The Morgan fingerprint density at radius 3 is 3.19 bits per heavy atom. The SMILES string of the molecule is CC(CCO)N=C1NSc2sc(Cl)cc2N1. The molecule has 0 amide bonds. The maximum atomic E-state index is 8.80. The van der Waals surface area contributed by atoms with E-state index < -0.39 is 0 Å². The van der Waals surface area contributed by atoms with E-state index in [0.29, 0.717) is 12.4 Å². The van der Waals surface area contributed by atoms with E-state index in [4.69, 9.17) is 16.7 Å². The largest absolute Gasteiger partial charge is 0.396 e. The summed E-state index contributed by atoms with van der Waals surface area (Å²) in [6.07, 6.45) is 0.661. The van der Waals surface area contributed by atoms with E-state index in [-0.39, 0.29) is 12.6 Å². The van der Waals surface area contributed by atoms with Gasteiger partial charge in [0.15, 0.2) is 0 Å². The number of thiophene rings is 1. The summed E-state index contributed by atoms with van der Waals surface area (Å²) in [5, 5.41) is 12.0. The standard InChI is InChI=1S/C9H12ClN3OS2/c1-5(2-3-14)11-9-12-6-4-7(10)15-8(6)16-13-9/h4-5,14H,2-3H2,1H3,(H2,11,12,13). The van der Waals surface area contributed by atoms with Crippen molar-refractivity contribution in [3.8, 4) is 0 Å². The Hall–Kier alpha value is -0.430. The van der Waals surface area contributed by atoms with Gasteiger partial charge in [-0.05, 0) is 19.4 Å². The summed E-state index contributed by atoms with van der Waals surface area (Å²) in [5.74, 6) is 0.716. The lowest BCUT2D eigenvalue weighted by atomic mass is 10.3. The zero-order chi connectivity index (χ0) is 11.5. The summed E-state index contributed by atoms with van der Waals surface area (Å²) in [7, 11) is 0. The number of halogens is 1. The normalized spacial score (nSPS) is 18.8. The van der Waals surface area contributed by atoms with E-state index >= 15 is 0 Å². The number of fused-ring (bicyclic) bond motifs is 1. The molecule has 1 atom stereocenters. The van der Waals surface area contributed by atoms with Gasteiger partial charge in [-0.1, -0.05) is 11.6 Å². The molecule has 16 heavy (non-hydrogen) atoms. The Balaban J connectivity index is 2.07. The Morgan fingerprint density at radius 1 is 1.62 bits per heavy atom. The van der Waals surface area contributed by atoms with Gasteiger partial charge in [0.25, 0.3) is 0 Å². The first-order chi connectivity index (χ1) is 7.69. The number of hydrogen-bond donors (Lipinski definition) is 3. The van der Waals surface area contributed by atoms with Gasteiger partial charge in [-0.15, -0.1) is 11.3 Å². The van der Waals surface area contributed by atoms with Crippen molar-refractivity contribution in [3.63, 3.8) is 0 Å². The quantitative estimate of drug-likeness (QED) is 0.743. The number of aliphatic hydroxyl groups excluding tert-OH is 1. The van der Waals surface area contributed by atoms with Gasteiger partial charge in [0.1, 0.15) is 4.21 Å². The summed E-state index contributed by atoms with van der Waals surface area (Å²) in [4.78, 5) is 4.41. The van der Waals surface area contributed by atoms with E-state index in [9.17, 15) is 0 Å². The first-order valence-corrected chi connectivity index (χ1v) is 6.88. The Kier molecular flexibility index (Phi) is 3.96. The third-order valence-corrected chi connectivity index (χ3v) is 4.32. The molecule has 0 aromatic carbocycles. The predicted octanol–water partition coefficient (Wildman–Crippen LogP) is 2.55. The molecule has 0 fully saturated rings. The van der Waals surface area contributed by atoms with Gasteiger partial charge in [-0.2, -0.15) is 0 Å². The minimum Gasteiger partial charge on any atom is -0.396 e. The number of hydrogen-bond acceptors (Lipinski definition) is 4. The molecule has 7 heteroatoms. The van der Waals surface area contributed by atoms with Crippen LogP contribution in [0.1, 0.15) is 13.3 Å². The lowest BCUT2D eigenvalue weighted by Crippen LogP contribution is -2.30. The number of nitrogens with one attached hydrogen (secondary N) is 2. The van der Waals surface area contributed by atoms with Crippen molar-refractivity contribution >= 4 is 46.5 Å². The van der Waals surface area contributed by atoms with Gasteiger partial charge >= 0.3 is 0 Å². The zero-order valence-electron chi connectivity index (χ0n) is 8.66. The van der Waals surface area contributed by atoms with Crippen LogP contribution in [0.3, 0.4) is 0 Å². The summed E-state index contributed by atoms with van der Waals surface area (Å²) in [5.41, 5.74) is 0.994. The van der Waals surface area contributed by atoms with E-state index in [1.54, 1.807) is 0 Å². The molecule has 0 bridgehead atoms. The van der Waals surface area contributed by atoms with Crippen molar-refractivity contribution in [3.05, 3.63) is 10.4 Å². The third-order valence-electron chi connectivity index (χ3n) is 2.06. The summed E-state index contributed by atoms with van der Waals surface area (Å²) < 4.78 is 4.97. The highest BCUT2D eigenvalue weighted by molar-refractivity contribution is 8.00. The summed E-state index contributed by atoms with van der Waals surface area (Å²) >= 11 is 8.95. The van der Waals surface area contributed by atoms with E-state index in [2.05, 4.69) is 15.0 Å². The maximum Gasteiger partial charge on any atom is 0.206 e. The molecule has 4 nitrogen and oxygen atoms in total. The van der Waals surface area contributed by atoms with Crippen molar-refractivity contribution in [1.29, 1.82) is 0 Å². The fourth-order valence-corrected chi connectivity index (χ4v) is 3.41. The second kappa shape index (κ2) is 5.27. The van der Waals surface area contributed by atoms with Crippen LogP contribution < -0.4 is 10.0 Å². The number of rotatable bonds is 3. The topological polar surface area (TPSA) is 56.7 Å². The predicted molar refractivity (Wildman–Crippen MR) is 70.5 cm³/mol. The molecular weight excluding hydrogens is 266 g/mol. The average Bonchev–Trinajstić information content (AvgIpc) is 2.57. The smallest absolute Gasteiger partial charge is 0.206 e. The van der Waals surface area contributed by atoms with Gasteiger partial charge in [-0.25, -0.2) is 4.99 Å². The Bertz CT molecular complexity index is 407. The molecule has 2 rings (SSSR count). The molecule has 1 aromatic heterocycles. The van der Waals surface area contributed by atoms with Gasteiger partial charge in [-0.3, -0.25) is 4.72 Å². The van der Waals surface area contributed by atoms with Crippen LogP contribution >= 0.6 is 34.9 Å². The molecular formula is C9H12ClN3OS2. The van der Waals surface area contributed by atoms with Crippen LogP contribution in [0, 0.1) is 0 Å². The van der Waals surface area contributed by atoms with Crippen LogP contribution in [0.25, 0.3) is 0 Å². The van der Waals surface area contributed by atoms with Gasteiger partial charge in [0.2, 0.25) is 5.96 Å². The summed E-state index contributed by atoms with van der Waals surface area (Å²) in [6, 6.07) is 1.98. The highest BCUT2D eigenvalue weighted by Crippen LogP contribution is 2.39. The monoisotopic (exact) mass is 277 g/mol. The molecule has 1 unspecified atom stereocenters. The van der Waals surface area contributed by atoms with Crippen LogP contribution in [0.2, 0.25) is 4.34 Å². The molecule has 3 N–H and O–H groups in total. The van der Waals surface area contributed by atoms with Crippen LogP contribution in [0.4, 0.5) is 5.69 Å². The van der Waals surface area contributed by atoms with Crippen molar-refractivity contribution < 1.29 is 5.11 Å². The van der Waals surface area contributed by atoms with Gasteiger partial charge in [0, 0.05) is 18.6 Å². The molecule has 0 aliphatic carbocycles. The molecule has 88 valence electrons. The lowest BCUT2D eigenvalue weighted by molar-refractivity contribution is 0.279. The fraction of sp³-hybridized carbons (Fsp3) is 0.444. The first kappa shape index (κ1) is 12.0. The van der Waals surface area contributed by atoms with Crippen molar-refractivity contribution in [2.75, 3.05) is 11.9 Å². The van der Waals surface area contributed by atoms with Crippen LogP contribution in [0.15, 0.2) is 15.3 Å². The second-order valence-corrected chi connectivity index (χ2v) is 6.18. The number of nitrogens with zero attached hydrogens (tertiary/aromatic N) is 1. The third kappa shape index (κ3) is 2.82. The molecule has 0 saturated heterocycles. The van der Waals surface area contributed by atoms with Crippen molar-refractivity contribution in [2.24, 2.45) is 4.99 Å². The molecule has 0 spiro atoms. The average molecular weight is 278 g/mol. The minimum absolute atomic E-state index is 0.0938. The number of anilines is 1. The van der Waals surface area contributed by atoms with Crippen molar-refractivity contribution in [1.82, 2.24) is 4.72 Å². The fourth-order valence-electron chi connectivity index (χ4n) is 1.29. The lowest BCUT2D eigenvalue weighted by Gasteiger charge is -2.18. The van der Waals surface area contributed by atoms with Crippen LogP contribution in [0.5, 0.6) is 0 Å². The molecule has 0 radical (unpaired) electrons. The Labute approximate surface area is 107 Å². The first-order valence-electron chi connectivity index (χ1n) is 4.87. The zero-order valence-corrected chi connectivity index (χ0v) is 11.0. The van der Waals surface area contributed by atoms with Crippen LogP contribution in [-0.2, 0) is 0 Å². The second-order valence-electron chi connectivity index (χ2n) is 3.42. The van der Waals surface area contributed by atoms with E-state index in [0.717, 1.165) is 14.2 Å². The molecule has 0 saturated carbocycles. The van der Waals surface area contributed by atoms with E-state index in [1.165, 1.54) is 23.3 Å².